The van der Waals surface area contributed by atoms with E-state index < -0.39 is 28.5 Å². The molecular weight excluding hydrogens is 446 g/mol. The van der Waals surface area contributed by atoms with Crippen LogP contribution in [0.2, 0.25) is 0 Å². The Hall–Kier alpha value is -3.92. The summed E-state index contributed by atoms with van der Waals surface area (Å²) in [5, 5.41) is 6.05. The molecule has 1 aromatic heterocycles. The molecule has 1 aliphatic heterocycles. The van der Waals surface area contributed by atoms with Gasteiger partial charge in [0, 0.05) is 18.7 Å². The summed E-state index contributed by atoms with van der Waals surface area (Å²) in [6.45, 7) is 1.60. The van der Waals surface area contributed by atoms with Crippen molar-refractivity contribution in [3.8, 4) is 0 Å². The quantitative estimate of drug-likeness (QED) is 0.419. The van der Waals surface area contributed by atoms with Gasteiger partial charge < -0.3 is 14.6 Å². The van der Waals surface area contributed by atoms with Gasteiger partial charge in [0.15, 0.2) is 12.4 Å². The number of aromatic nitrogens is 1. The van der Waals surface area contributed by atoms with Gasteiger partial charge in [0.2, 0.25) is 0 Å². The number of para-hydroxylation sites is 1. The molecule has 0 fully saturated rings. The summed E-state index contributed by atoms with van der Waals surface area (Å²) in [4.78, 5) is 23.8. The Kier molecular flexibility index (Phi) is 6.27. The number of carbonyl (C=O) groups excluding carboxylic acids is 2. The molecule has 3 aromatic rings. The monoisotopic (exact) mass is 467 g/mol. The van der Waals surface area contributed by atoms with Crippen LogP contribution in [0.25, 0.3) is 6.08 Å². The van der Waals surface area contributed by atoms with E-state index in [1.807, 2.05) is 18.2 Å². The number of rotatable bonds is 7. The SMILES string of the molecule is Cc1cc(NC(=O)COC(=O)/C=C/c2ccc(S(=O)(=O)N3CCc4ccccc43)cc2)no1. The van der Waals surface area contributed by atoms with Gasteiger partial charge in [-0.25, -0.2) is 13.2 Å². The lowest BCUT2D eigenvalue weighted by Gasteiger charge is -2.19. The van der Waals surface area contributed by atoms with Crippen LogP contribution in [0.15, 0.2) is 70.1 Å². The summed E-state index contributed by atoms with van der Waals surface area (Å²) in [7, 11) is -3.68. The molecule has 0 atom stereocenters. The molecule has 0 spiro atoms. The molecule has 9 nitrogen and oxygen atoms in total. The van der Waals surface area contributed by atoms with Crippen molar-refractivity contribution in [3.63, 3.8) is 0 Å². The molecule has 1 amide bonds. The Morgan fingerprint density at radius 1 is 1.18 bits per heavy atom. The number of hydrogen-bond donors (Lipinski definition) is 1. The number of anilines is 2. The smallest absolute Gasteiger partial charge is 0.331 e. The second-order valence-electron chi connectivity index (χ2n) is 7.34. The second-order valence-corrected chi connectivity index (χ2v) is 9.20. The van der Waals surface area contributed by atoms with E-state index in [4.69, 9.17) is 9.26 Å². The second kappa shape index (κ2) is 9.29. The molecule has 2 heterocycles. The van der Waals surface area contributed by atoms with Crippen LogP contribution in [0.3, 0.4) is 0 Å². The number of sulfonamides is 1. The number of aryl methyl sites for hydroxylation is 1. The van der Waals surface area contributed by atoms with Crippen molar-refractivity contribution in [2.24, 2.45) is 0 Å². The van der Waals surface area contributed by atoms with E-state index in [1.54, 1.807) is 25.1 Å². The average Bonchev–Trinajstić information content (AvgIpc) is 3.43. The minimum Gasteiger partial charge on any atom is -0.452 e. The molecule has 2 aromatic carbocycles. The predicted molar refractivity (Wildman–Crippen MR) is 121 cm³/mol. The molecule has 4 rings (SSSR count). The first-order valence-corrected chi connectivity index (χ1v) is 11.6. The van der Waals surface area contributed by atoms with E-state index in [0.717, 1.165) is 11.6 Å². The highest BCUT2D eigenvalue weighted by Gasteiger charge is 2.30. The number of ether oxygens (including phenoxy) is 1. The van der Waals surface area contributed by atoms with Crippen molar-refractivity contribution in [1.82, 2.24) is 5.16 Å². The van der Waals surface area contributed by atoms with Gasteiger partial charge in [0.05, 0.1) is 10.6 Å². The number of nitrogens with one attached hydrogen (secondary N) is 1. The van der Waals surface area contributed by atoms with Gasteiger partial charge >= 0.3 is 5.97 Å². The maximum atomic E-state index is 13.0. The highest BCUT2D eigenvalue weighted by molar-refractivity contribution is 7.92. The Bertz CT molecular complexity index is 1310. The fraction of sp³-hybridized carbons (Fsp3) is 0.174. The molecule has 33 heavy (non-hydrogen) atoms. The van der Waals surface area contributed by atoms with Gasteiger partial charge in [0.25, 0.3) is 15.9 Å². The van der Waals surface area contributed by atoms with Crippen LogP contribution in [-0.4, -0.2) is 38.6 Å². The van der Waals surface area contributed by atoms with Gasteiger partial charge in [-0.1, -0.05) is 35.5 Å². The Balaban J connectivity index is 1.33. The number of fused-ring (bicyclic) bond motifs is 1. The number of hydrogen-bond acceptors (Lipinski definition) is 7. The molecule has 1 aliphatic rings. The summed E-state index contributed by atoms with van der Waals surface area (Å²) >= 11 is 0. The maximum Gasteiger partial charge on any atom is 0.331 e. The van der Waals surface area contributed by atoms with E-state index in [9.17, 15) is 18.0 Å². The number of benzene rings is 2. The number of carbonyl (C=O) groups is 2. The van der Waals surface area contributed by atoms with Crippen molar-refractivity contribution in [2.45, 2.75) is 18.2 Å². The first kappa shape index (κ1) is 22.3. The van der Waals surface area contributed by atoms with Crippen molar-refractivity contribution in [1.29, 1.82) is 0 Å². The lowest BCUT2D eigenvalue weighted by Crippen LogP contribution is -2.29. The van der Waals surface area contributed by atoms with Crippen LogP contribution in [-0.2, 0) is 30.8 Å². The van der Waals surface area contributed by atoms with E-state index in [1.165, 1.54) is 28.6 Å². The lowest BCUT2D eigenvalue weighted by molar-refractivity contribution is -0.142. The van der Waals surface area contributed by atoms with E-state index in [2.05, 4.69) is 10.5 Å². The summed E-state index contributed by atoms with van der Waals surface area (Å²) in [5.41, 5.74) is 2.31. The zero-order chi connectivity index (χ0) is 23.4. The maximum absolute atomic E-state index is 13.0. The van der Waals surface area contributed by atoms with Crippen molar-refractivity contribution >= 4 is 39.5 Å². The Labute approximate surface area is 190 Å². The predicted octanol–water partition coefficient (Wildman–Crippen LogP) is 2.93. The fourth-order valence-corrected chi connectivity index (χ4v) is 4.89. The summed E-state index contributed by atoms with van der Waals surface area (Å²) in [6.07, 6.45) is 3.31. The van der Waals surface area contributed by atoms with Crippen molar-refractivity contribution < 1.29 is 27.3 Å². The van der Waals surface area contributed by atoms with Crippen LogP contribution >= 0.6 is 0 Å². The third-order valence-electron chi connectivity index (χ3n) is 4.97. The van der Waals surface area contributed by atoms with Crippen molar-refractivity contribution in [3.05, 3.63) is 77.6 Å². The topological polar surface area (TPSA) is 119 Å². The molecule has 1 N–H and O–H groups in total. The fourth-order valence-electron chi connectivity index (χ4n) is 3.39. The zero-order valence-corrected chi connectivity index (χ0v) is 18.5. The molecule has 0 saturated carbocycles. The van der Waals surface area contributed by atoms with Crippen LogP contribution in [0.1, 0.15) is 16.9 Å². The molecular formula is C23H21N3O6S. The molecule has 0 saturated heterocycles. The highest BCUT2D eigenvalue weighted by atomic mass is 32.2. The molecule has 0 aliphatic carbocycles. The Morgan fingerprint density at radius 3 is 2.67 bits per heavy atom. The van der Waals surface area contributed by atoms with Crippen LogP contribution in [0.5, 0.6) is 0 Å². The Morgan fingerprint density at radius 2 is 1.94 bits per heavy atom. The van der Waals surface area contributed by atoms with Gasteiger partial charge in [-0.15, -0.1) is 0 Å². The van der Waals surface area contributed by atoms with Crippen LogP contribution in [0.4, 0.5) is 11.5 Å². The summed E-state index contributed by atoms with van der Waals surface area (Å²) < 4.78 is 37.2. The van der Waals surface area contributed by atoms with Crippen LogP contribution in [0, 0.1) is 6.92 Å². The number of nitrogens with zero attached hydrogens (tertiary/aromatic N) is 2. The number of amides is 1. The third kappa shape index (κ3) is 5.12. The summed E-state index contributed by atoms with van der Waals surface area (Å²) in [5.74, 6) is -0.499. The lowest BCUT2D eigenvalue weighted by atomic mass is 10.2. The summed E-state index contributed by atoms with van der Waals surface area (Å²) in [6, 6.07) is 15.2. The molecule has 0 unspecified atom stereocenters. The normalized spacial score (nSPS) is 13.2. The van der Waals surface area contributed by atoms with Gasteiger partial charge in [-0.3, -0.25) is 9.10 Å². The first-order chi connectivity index (χ1) is 15.8. The minimum absolute atomic E-state index is 0.165. The zero-order valence-electron chi connectivity index (χ0n) is 17.7. The van der Waals surface area contributed by atoms with E-state index in [-0.39, 0.29) is 10.7 Å². The van der Waals surface area contributed by atoms with Gasteiger partial charge in [0.1, 0.15) is 5.76 Å². The molecule has 10 heteroatoms. The van der Waals surface area contributed by atoms with Crippen molar-refractivity contribution in [2.75, 3.05) is 22.8 Å². The third-order valence-corrected chi connectivity index (χ3v) is 6.79. The molecule has 0 radical (unpaired) electrons. The van der Waals surface area contributed by atoms with Gasteiger partial charge in [-0.05, 0) is 48.7 Å². The largest absolute Gasteiger partial charge is 0.452 e. The first-order valence-electron chi connectivity index (χ1n) is 10.1. The highest BCUT2D eigenvalue weighted by Crippen LogP contribution is 2.32. The van der Waals surface area contributed by atoms with E-state index >= 15 is 0 Å². The minimum atomic E-state index is -3.68. The van der Waals surface area contributed by atoms with Gasteiger partial charge in [-0.2, -0.15) is 0 Å². The standard InChI is InChI=1S/C23H21N3O6S/c1-16-14-21(25-32-16)24-22(27)15-31-23(28)11-8-17-6-9-19(10-7-17)33(29,30)26-13-12-18-4-2-3-5-20(18)26/h2-11,14H,12-13,15H2,1H3,(H,24,25,27)/b11-8+. The molecule has 170 valence electrons. The average molecular weight is 468 g/mol. The van der Waals surface area contributed by atoms with E-state index in [0.29, 0.717) is 30.0 Å². The number of esters is 1. The van der Waals surface area contributed by atoms with Crippen LogP contribution < -0.4 is 9.62 Å². The molecule has 0 bridgehead atoms.